The van der Waals surface area contributed by atoms with E-state index in [0.29, 0.717) is 0 Å². The summed E-state index contributed by atoms with van der Waals surface area (Å²) in [5, 5.41) is 6.97. The van der Waals surface area contributed by atoms with Gasteiger partial charge in [0, 0.05) is 31.2 Å². The average molecular weight is 248 g/mol. The van der Waals surface area contributed by atoms with Gasteiger partial charge >= 0.3 is 0 Å². The molecule has 0 aromatic heterocycles. The van der Waals surface area contributed by atoms with Gasteiger partial charge in [-0.25, -0.2) is 0 Å². The SMILES string of the molecule is CCc1ccc(OC)c(CNCCNC2CC2)c1. The minimum atomic E-state index is 0.796. The van der Waals surface area contributed by atoms with Gasteiger partial charge in [-0.15, -0.1) is 0 Å². The molecule has 1 aromatic carbocycles. The highest BCUT2D eigenvalue weighted by atomic mass is 16.5. The first-order chi connectivity index (χ1) is 8.83. The average Bonchev–Trinajstić information content (AvgIpc) is 3.22. The van der Waals surface area contributed by atoms with Gasteiger partial charge in [-0.2, -0.15) is 0 Å². The van der Waals surface area contributed by atoms with Crippen LogP contribution in [0.3, 0.4) is 0 Å². The van der Waals surface area contributed by atoms with Gasteiger partial charge in [0.15, 0.2) is 0 Å². The quantitative estimate of drug-likeness (QED) is 0.691. The molecule has 100 valence electrons. The summed E-state index contributed by atoms with van der Waals surface area (Å²) in [5.41, 5.74) is 2.62. The molecule has 18 heavy (non-hydrogen) atoms. The van der Waals surface area contributed by atoms with Crippen molar-refractivity contribution in [2.45, 2.75) is 38.8 Å². The molecule has 0 heterocycles. The number of rotatable bonds is 8. The molecular formula is C15H24N2O. The van der Waals surface area contributed by atoms with Crippen LogP contribution in [-0.2, 0) is 13.0 Å². The van der Waals surface area contributed by atoms with Gasteiger partial charge in [-0.1, -0.05) is 19.1 Å². The van der Waals surface area contributed by atoms with Gasteiger partial charge in [0.25, 0.3) is 0 Å². The topological polar surface area (TPSA) is 33.3 Å². The maximum absolute atomic E-state index is 5.39. The van der Waals surface area contributed by atoms with E-state index in [1.165, 1.54) is 24.0 Å². The summed E-state index contributed by atoms with van der Waals surface area (Å²) in [6.45, 7) is 5.12. The molecule has 0 aliphatic heterocycles. The standard InChI is InChI=1S/C15H24N2O/c1-3-12-4-7-15(18-2)13(10-12)11-16-8-9-17-14-5-6-14/h4,7,10,14,16-17H,3,5-6,8-9,11H2,1-2H3. The maximum atomic E-state index is 5.39. The number of methoxy groups -OCH3 is 1. The summed E-state index contributed by atoms with van der Waals surface area (Å²) in [5.74, 6) is 0.981. The number of hydrogen-bond acceptors (Lipinski definition) is 3. The molecule has 3 nitrogen and oxygen atoms in total. The van der Waals surface area contributed by atoms with E-state index in [0.717, 1.165) is 37.8 Å². The molecule has 1 saturated carbocycles. The van der Waals surface area contributed by atoms with Gasteiger partial charge in [0.05, 0.1) is 7.11 Å². The van der Waals surface area contributed by atoms with E-state index in [2.05, 4.69) is 35.8 Å². The van der Waals surface area contributed by atoms with Crippen molar-refractivity contribution in [3.63, 3.8) is 0 Å². The molecule has 0 spiro atoms. The summed E-state index contributed by atoms with van der Waals surface area (Å²) in [6.07, 6.45) is 3.78. The van der Waals surface area contributed by atoms with E-state index in [4.69, 9.17) is 4.74 Å². The molecule has 1 aliphatic carbocycles. The smallest absolute Gasteiger partial charge is 0.123 e. The van der Waals surface area contributed by atoms with Crippen molar-refractivity contribution in [1.82, 2.24) is 10.6 Å². The monoisotopic (exact) mass is 248 g/mol. The Bertz CT molecular complexity index is 375. The van der Waals surface area contributed by atoms with Crippen LogP contribution >= 0.6 is 0 Å². The van der Waals surface area contributed by atoms with Gasteiger partial charge in [-0.05, 0) is 30.9 Å². The van der Waals surface area contributed by atoms with Crippen molar-refractivity contribution in [3.8, 4) is 5.75 Å². The Morgan fingerprint density at radius 1 is 1.28 bits per heavy atom. The fourth-order valence-electron chi connectivity index (χ4n) is 2.07. The number of aryl methyl sites for hydroxylation is 1. The highest BCUT2D eigenvalue weighted by Gasteiger charge is 2.19. The van der Waals surface area contributed by atoms with Crippen LogP contribution < -0.4 is 15.4 Å². The predicted octanol–water partition coefficient (Wildman–Crippen LogP) is 2.10. The number of ether oxygens (including phenoxy) is 1. The molecule has 2 rings (SSSR count). The fraction of sp³-hybridized carbons (Fsp3) is 0.600. The molecule has 1 aromatic rings. The molecule has 0 atom stereocenters. The molecule has 0 bridgehead atoms. The highest BCUT2D eigenvalue weighted by Crippen LogP contribution is 2.20. The normalized spacial score (nSPS) is 14.8. The molecule has 0 radical (unpaired) electrons. The minimum Gasteiger partial charge on any atom is -0.496 e. The first-order valence-electron chi connectivity index (χ1n) is 6.93. The largest absolute Gasteiger partial charge is 0.496 e. The van der Waals surface area contributed by atoms with E-state index < -0.39 is 0 Å². The van der Waals surface area contributed by atoms with Crippen LogP contribution in [0.25, 0.3) is 0 Å². The predicted molar refractivity (Wildman–Crippen MR) is 75.1 cm³/mol. The molecule has 0 saturated heterocycles. The van der Waals surface area contributed by atoms with Crippen LogP contribution in [0.5, 0.6) is 5.75 Å². The van der Waals surface area contributed by atoms with Crippen LogP contribution in [0.2, 0.25) is 0 Å². The molecule has 1 fully saturated rings. The van der Waals surface area contributed by atoms with Gasteiger partial charge in [0.1, 0.15) is 5.75 Å². The van der Waals surface area contributed by atoms with Crippen LogP contribution in [0.4, 0.5) is 0 Å². The van der Waals surface area contributed by atoms with Crippen LogP contribution in [-0.4, -0.2) is 26.2 Å². The zero-order valence-electron chi connectivity index (χ0n) is 11.5. The first kappa shape index (κ1) is 13.4. The third-order valence-corrected chi connectivity index (χ3v) is 3.38. The second kappa shape index (κ2) is 6.76. The van der Waals surface area contributed by atoms with Crippen molar-refractivity contribution in [2.75, 3.05) is 20.2 Å². The van der Waals surface area contributed by atoms with Gasteiger partial charge < -0.3 is 15.4 Å². The Labute approximate surface area is 110 Å². The summed E-state index contributed by atoms with van der Waals surface area (Å²) >= 11 is 0. The lowest BCUT2D eigenvalue weighted by atomic mass is 10.1. The Kier molecular flexibility index (Phi) is 5.02. The minimum absolute atomic E-state index is 0.796. The van der Waals surface area contributed by atoms with Crippen LogP contribution in [0.1, 0.15) is 30.9 Å². The van der Waals surface area contributed by atoms with Crippen LogP contribution in [0, 0.1) is 0 Å². The Balaban J connectivity index is 1.78. The van der Waals surface area contributed by atoms with E-state index in [9.17, 15) is 0 Å². The molecule has 2 N–H and O–H groups in total. The van der Waals surface area contributed by atoms with E-state index in [1.54, 1.807) is 7.11 Å². The van der Waals surface area contributed by atoms with Gasteiger partial charge in [-0.3, -0.25) is 0 Å². The summed E-state index contributed by atoms with van der Waals surface area (Å²) in [6, 6.07) is 7.24. The zero-order valence-corrected chi connectivity index (χ0v) is 11.5. The maximum Gasteiger partial charge on any atom is 0.123 e. The summed E-state index contributed by atoms with van der Waals surface area (Å²) in [4.78, 5) is 0. The second-order valence-electron chi connectivity index (χ2n) is 4.90. The highest BCUT2D eigenvalue weighted by molar-refractivity contribution is 5.37. The zero-order chi connectivity index (χ0) is 12.8. The second-order valence-corrected chi connectivity index (χ2v) is 4.90. The van der Waals surface area contributed by atoms with E-state index in [-0.39, 0.29) is 0 Å². The molecule has 3 heteroatoms. The molecule has 1 aliphatic rings. The fourth-order valence-corrected chi connectivity index (χ4v) is 2.07. The third kappa shape index (κ3) is 4.00. The van der Waals surface area contributed by atoms with Crippen molar-refractivity contribution in [1.29, 1.82) is 0 Å². The molecule has 0 amide bonds. The Hall–Kier alpha value is -1.06. The van der Waals surface area contributed by atoms with Gasteiger partial charge in [0.2, 0.25) is 0 Å². The molecular weight excluding hydrogens is 224 g/mol. The third-order valence-electron chi connectivity index (χ3n) is 3.38. The Morgan fingerprint density at radius 2 is 2.11 bits per heavy atom. The van der Waals surface area contributed by atoms with Crippen LogP contribution in [0.15, 0.2) is 18.2 Å². The van der Waals surface area contributed by atoms with E-state index in [1.807, 2.05) is 0 Å². The van der Waals surface area contributed by atoms with Crippen molar-refractivity contribution in [2.24, 2.45) is 0 Å². The first-order valence-corrected chi connectivity index (χ1v) is 6.93. The van der Waals surface area contributed by atoms with Crippen molar-refractivity contribution >= 4 is 0 Å². The lowest BCUT2D eigenvalue weighted by molar-refractivity contribution is 0.407. The summed E-state index contributed by atoms with van der Waals surface area (Å²) in [7, 11) is 1.74. The van der Waals surface area contributed by atoms with Crippen molar-refractivity contribution in [3.05, 3.63) is 29.3 Å². The summed E-state index contributed by atoms with van der Waals surface area (Å²) < 4.78 is 5.39. The number of hydrogen-bond donors (Lipinski definition) is 2. The lowest BCUT2D eigenvalue weighted by Gasteiger charge is -2.11. The van der Waals surface area contributed by atoms with E-state index >= 15 is 0 Å². The Morgan fingerprint density at radius 3 is 2.78 bits per heavy atom. The van der Waals surface area contributed by atoms with Crippen molar-refractivity contribution < 1.29 is 4.74 Å². The molecule has 0 unspecified atom stereocenters. The lowest BCUT2D eigenvalue weighted by Crippen LogP contribution is -2.28. The number of benzene rings is 1. The number of nitrogens with one attached hydrogen (secondary N) is 2.